The number of carboxylic acids is 1. The smallest absolute Gasteiger partial charge is 0.326 e. The van der Waals surface area contributed by atoms with Crippen molar-refractivity contribution >= 4 is 22.8 Å². The van der Waals surface area contributed by atoms with E-state index in [1.54, 1.807) is 6.20 Å². The molecule has 0 radical (unpaired) electrons. The lowest BCUT2D eigenvalue weighted by molar-refractivity contribution is -0.141. The number of aromatic nitrogens is 1. The number of benzene rings is 1. The first-order chi connectivity index (χ1) is 12.0. The zero-order chi connectivity index (χ0) is 18.7. The molecule has 0 fully saturated rings. The van der Waals surface area contributed by atoms with Crippen LogP contribution in [0.15, 0.2) is 30.5 Å². The summed E-state index contributed by atoms with van der Waals surface area (Å²) < 4.78 is 0. The molecule has 138 valence electrons. The van der Waals surface area contributed by atoms with E-state index in [9.17, 15) is 9.59 Å². The second-order valence-corrected chi connectivity index (χ2v) is 5.35. The standard InChI is InChI=1S/C13H14N2O3.C4H11NO2/c1-8(16)15-12(13(17)18)6-9-7-14-11-5-3-2-4-10(9)11;6-3-1-5-2-4-7/h2-5,7,12,14H,6H2,1H3,(H,15,16)(H,17,18);5-7H,1-4H2/t12-;/m0./s1. The van der Waals surface area contributed by atoms with E-state index in [0.29, 0.717) is 13.1 Å². The molecule has 0 saturated heterocycles. The number of aliphatic hydroxyl groups excluding tert-OH is 2. The molecule has 2 rings (SSSR count). The number of carbonyl (C=O) groups excluding carboxylic acids is 1. The lowest BCUT2D eigenvalue weighted by Gasteiger charge is -2.12. The number of amides is 1. The van der Waals surface area contributed by atoms with Gasteiger partial charge in [0.25, 0.3) is 0 Å². The fourth-order valence-corrected chi connectivity index (χ4v) is 2.25. The van der Waals surface area contributed by atoms with Gasteiger partial charge in [-0.15, -0.1) is 0 Å². The van der Waals surface area contributed by atoms with Crippen molar-refractivity contribution in [1.29, 1.82) is 0 Å². The van der Waals surface area contributed by atoms with Crippen molar-refractivity contribution < 1.29 is 24.9 Å². The Balaban J connectivity index is 0.000000381. The van der Waals surface area contributed by atoms with Gasteiger partial charge >= 0.3 is 5.97 Å². The van der Waals surface area contributed by atoms with E-state index in [4.69, 9.17) is 15.3 Å². The third kappa shape index (κ3) is 7.34. The summed E-state index contributed by atoms with van der Waals surface area (Å²) in [6.45, 7) is 2.73. The maximum Gasteiger partial charge on any atom is 0.326 e. The largest absolute Gasteiger partial charge is 0.480 e. The van der Waals surface area contributed by atoms with Crippen molar-refractivity contribution in [2.24, 2.45) is 0 Å². The first kappa shape index (κ1) is 20.6. The normalized spacial score (nSPS) is 11.5. The van der Waals surface area contributed by atoms with Crippen LogP contribution >= 0.6 is 0 Å². The molecule has 1 aromatic carbocycles. The molecular formula is C17H25N3O5. The monoisotopic (exact) mass is 351 g/mol. The average molecular weight is 351 g/mol. The number of nitrogens with one attached hydrogen (secondary N) is 3. The summed E-state index contributed by atoms with van der Waals surface area (Å²) in [6, 6.07) is 6.75. The molecule has 0 aliphatic heterocycles. The molecule has 25 heavy (non-hydrogen) atoms. The highest BCUT2D eigenvalue weighted by molar-refractivity contribution is 5.86. The van der Waals surface area contributed by atoms with E-state index in [2.05, 4.69) is 15.6 Å². The Labute approximate surface area is 145 Å². The van der Waals surface area contributed by atoms with Gasteiger partial charge in [0, 0.05) is 43.5 Å². The third-order valence-electron chi connectivity index (χ3n) is 3.35. The van der Waals surface area contributed by atoms with Crippen molar-refractivity contribution in [2.45, 2.75) is 19.4 Å². The number of hydrogen-bond donors (Lipinski definition) is 6. The number of carboxylic acid groups (broad SMARTS) is 1. The first-order valence-corrected chi connectivity index (χ1v) is 7.97. The summed E-state index contributed by atoms with van der Waals surface area (Å²) in [4.78, 5) is 25.1. The van der Waals surface area contributed by atoms with Gasteiger partial charge in [-0.3, -0.25) is 4.79 Å². The highest BCUT2D eigenvalue weighted by Crippen LogP contribution is 2.19. The zero-order valence-electron chi connectivity index (χ0n) is 14.2. The van der Waals surface area contributed by atoms with Crippen molar-refractivity contribution in [2.75, 3.05) is 26.3 Å². The lowest BCUT2D eigenvalue weighted by Crippen LogP contribution is -2.41. The van der Waals surface area contributed by atoms with Gasteiger partial charge in [0.1, 0.15) is 6.04 Å². The Morgan fingerprint density at radius 3 is 2.36 bits per heavy atom. The summed E-state index contributed by atoms with van der Waals surface area (Å²) in [5, 5.41) is 31.6. The molecule has 0 unspecified atom stereocenters. The second-order valence-electron chi connectivity index (χ2n) is 5.35. The first-order valence-electron chi connectivity index (χ1n) is 7.97. The number of rotatable bonds is 8. The quantitative estimate of drug-likeness (QED) is 0.367. The van der Waals surface area contributed by atoms with Crippen LogP contribution in [0.4, 0.5) is 0 Å². The summed E-state index contributed by atoms with van der Waals surface area (Å²) in [7, 11) is 0. The predicted molar refractivity (Wildman–Crippen MR) is 94.3 cm³/mol. The van der Waals surface area contributed by atoms with Crippen molar-refractivity contribution in [3.8, 4) is 0 Å². The number of fused-ring (bicyclic) bond motifs is 1. The minimum atomic E-state index is -1.03. The van der Waals surface area contributed by atoms with Crippen LogP contribution in [0.25, 0.3) is 10.9 Å². The van der Waals surface area contributed by atoms with E-state index >= 15 is 0 Å². The number of aliphatic hydroxyl groups is 2. The van der Waals surface area contributed by atoms with Crippen molar-refractivity contribution in [3.63, 3.8) is 0 Å². The molecular weight excluding hydrogens is 326 g/mol. The van der Waals surface area contributed by atoms with Crippen LogP contribution in [0.1, 0.15) is 12.5 Å². The van der Waals surface area contributed by atoms with Gasteiger partial charge in [-0.1, -0.05) is 18.2 Å². The molecule has 0 spiro atoms. The lowest BCUT2D eigenvalue weighted by atomic mass is 10.1. The molecule has 8 heteroatoms. The van der Waals surface area contributed by atoms with Crippen molar-refractivity contribution in [1.82, 2.24) is 15.6 Å². The molecule has 0 bridgehead atoms. The van der Waals surface area contributed by atoms with Gasteiger partial charge in [0.15, 0.2) is 0 Å². The molecule has 0 saturated carbocycles. The molecule has 1 atom stereocenters. The number of para-hydroxylation sites is 1. The van der Waals surface area contributed by atoms with Gasteiger partial charge in [0.05, 0.1) is 13.2 Å². The number of aromatic amines is 1. The molecule has 1 aromatic heterocycles. The highest BCUT2D eigenvalue weighted by Gasteiger charge is 2.20. The van der Waals surface area contributed by atoms with E-state index in [0.717, 1.165) is 16.5 Å². The maximum atomic E-state index is 11.1. The Hall–Kier alpha value is -2.42. The number of H-pyrrole nitrogens is 1. The van der Waals surface area contributed by atoms with Crippen LogP contribution in [0, 0.1) is 0 Å². The van der Waals surface area contributed by atoms with E-state index < -0.39 is 12.0 Å². The topological polar surface area (TPSA) is 135 Å². The Morgan fingerprint density at radius 2 is 1.80 bits per heavy atom. The van der Waals surface area contributed by atoms with Crippen LogP contribution in [0.5, 0.6) is 0 Å². The van der Waals surface area contributed by atoms with Gasteiger partial charge in [0.2, 0.25) is 5.91 Å². The van der Waals surface area contributed by atoms with Gasteiger partial charge in [-0.25, -0.2) is 4.79 Å². The van der Waals surface area contributed by atoms with Crippen molar-refractivity contribution in [3.05, 3.63) is 36.0 Å². The summed E-state index contributed by atoms with van der Waals surface area (Å²) in [5.41, 5.74) is 1.84. The minimum absolute atomic E-state index is 0.139. The predicted octanol–water partition coefficient (Wildman–Crippen LogP) is -0.140. The van der Waals surface area contributed by atoms with Crippen LogP contribution < -0.4 is 10.6 Å². The Bertz CT molecular complexity index is 667. The second kappa shape index (κ2) is 11.2. The number of hydrogen-bond acceptors (Lipinski definition) is 5. The molecule has 8 nitrogen and oxygen atoms in total. The van der Waals surface area contributed by atoms with E-state index in [1.165, 1.54) is 6.92 Å². The van der Waals surface area contributed by atoms with E-state index in [-0.39, 0.29) is 25.5 Å². The van der Waals surface area contributed by atoms with Gasteiger partial charge in [-0.2, -0.15) is 0 Å². The van der Waals surface area contributed by atoms with Gasteiger partial charge < -0.3 is 30.9 Å². The molecule has 6 N–H and O–H groups in total. The van der Waals surface area contributed by atoms with Crippen LogP contribution in [-0.2, 0) is 16.0 Å². The highest BCUT2D eigenvalue weighted by atomic mass is 16.4. The SMILES string of the molecule is CC(=O)N[C@@H](Cc1c[nH]c2ccccc12)C(=O)O.OCCNCCO. The molecule has 1 amide bonds. The Morgan fingerprint density at radius 1 is 1.16 bits per heavy atom. The fourth-order valence-electron chi connectivity index (χ4n) is 2.25. The number of carbonyl (C=O) groups is 2. The average Bonchev–Trinajstić information content (AvgIpc) is 2.98. The van der Waals surface area contributed by atoms with E-state index in [1.807, 2.05) is 24.3 Å². The molecule has 1 heterocycles. The summed E-state index contributed by atoms with van der Waals surface area (Å²) in [5.74, 6) is -1.38. The van der Waals surface area contributed by atoms with Gasteiger partial charge in [-0.05, 0) is 11.6 Å². The summed E-state index contributed by atoms with van der Waals surface area (Å²) in [6.07, 6.45) is 2.04. The summed E-state index contributed by atoms with van der Waals surface area (Å²) >= 11 is 0. The number of aliphatic carboxylic acids is 1. The van der Waals surface area contributed by atoms with Crippen LogP contribution in [-0.4, -0.2) is 64.5 Å². The molecule has 0 aliphatic carbocycles. The third-order valence-corrected chi connectivity index (χ3v) is 3.35. The molecule has 2 aromatic rings. The fraction of sp³-hybridized carbons (Fsp3) is 0.412. The van der Waals surface area contributed by atoms with Crippen LogP contribution in [0.3, 0.4) is 0 Å². The maximum absolute atomic E-state index is 11.1. The van der Waals surface area contributed by atoms with Crippen LogP contribution in [0.2, 0.25) is 0 Å². The zero-order valence-corrected chi connectivity index (χ0v) is 14.2. The molecule has 0 aliphatic rings. The Kier molecular flexibility index (Phi) is 9.23. The minimum Gasteiger partial charge on any atom is -0.480 e.